The first kappa shape index (κ1) is 38.6. The van der Waals surface area contributed by atoms with Gasteiger partial charge in [0.2, 0.25) is 0 Å². The van der Waals surface area contributed by atoms with E-state index in [-0.39, 0.29) is 6.71 Å². The van der Waals surface area contributed by atoms with Gasteiger partial charge in [-0.15, -0.1) is 0 Å². The Morgan fingerprint density at radius 3 is 1.14 bits per heavy atom. The zero-order valence-corrected chi connectivity index (χ0v) is 38.3. The Labute approximate surface area is 409 Å². The molecule has 0 saturated carbocycles. The molecule has 0 N–H and O–H groups in total. The van der Waals surface area contributed by atoms with Crippen LogP contribution in [0.25, 0.3) is 98.3 Å². The average Bonchev–Trinajstić information content (AvgIpc) is 3.44. The standard InChI is InChI=1S/C65H38BN5/c1-3-9-39(10-4-1)41-21-27-50(28-22-41)70-54-33-47-19-17-43-13-7-15-45-25-31-52(60(47)58(43)45)62(54)66-63-53-32-26-46-16-8-14-44-18-20-48(61(53)59(44)46)34-55(63)71(51-29-23-42(24-30-51)40-11-5-2-6-12-40)57-36-49(35-56(70)64(57)66)65-68-37-67-38-69-65/h1-38H. The van der Waals surface area contributed by atoms with Crippen LogP contribution in [0.4, 0.5) is 34.1 Å². The molecule has 2 aliphatic rings. The van der Waals surface area contributed by atoms with Crippen LogP contribution in [0.5, 0.6) is 0 Å². The third-order valence-corrected chi connectivity index (χ3v) is 15.5. The Morgan fingerprint density at radius 2 is 0.690 bits per heavy atom. The summed E-state index contributed by atoms with van der Waals surface area (Å²) in [4.78, 5) is 18.9. The number of anilines is 6. The minimum Gasteiger partial charge on any atom is -0.311 e. The second-order valence-electron chi connectivity index (χ2n) is 19.2. The molecule has 0 aliphatic carbocycles. The molecule has 14 aromatic rings. The number of fused-ring (bicyclic) bond motifs is 6. The van der Waals surface area contributed by atoms with Crippen LogP contribution < -0.4 is 26.2 Å². The van der Waals surface area contributed by atoms with Gasteiger partial charge in [0.25, 0.3) is 6.71 Å². The Balaban J connectivity index is 1.07. The van der Waals surface area contributed by atoms with Crippen LogP contribution in [0.15, 0.2) is 231 Å². The van der Waals surface area contributed by atoms with Crippen molar-refractivity contribution in [2.45, 2.75) is 0 Å². The fraction of sp³-hybridized carbons (Fsp3) is 0. The van der Waals surface area contributed by atoms with Crippen molar-refractivity contribution in [2.24, 2.45) is 0 Å². The van der Waals surface area contributed by atoms with E-state index in [9.17, 15) is 0 Å². The molecule has 0 spiro atoms. The van der Waals surface area contributed by atoms with Crippen molar-refractivity contribution in [3.8, 4) is 33.6 Å². The van der Waals surface area contributed by atoms with Gasteiger partial charge in [-0.25, -0.2) is 15.0 Å². The van der Waals surface area contributed by atoms with Gasteiger partial charge in [0.05, 0.1) is 0 Å². The summed E-state index contributed by atoms with van der Waals surface area (Å²) in [7, 11) is 0. The van der Waals surface area contributed by atoms with Crippen molar-refractivity contribution in [2.75, 3.05) is 9.80 Å². The predicted molar refractivity (Wildman–Crippen MR) is 298 cm³/mol. The molecule has 0 saturated heterocycles. The molecule has 13 aromatic carbocycles. The van der Waals surface area contributed by atoms with Crippen LogP contribution in [0, 0.1) is 0 Å². The number of rotatable bonds is 5. The molecule has 0 atom stereocenters. The molecule has 0 radical (unpaired) electrons. The van der Waals surface area contributed by atoms with E-state index in [1.807, 2.05) is 0 Å². The van der Waals surface area contributed by atoms with Gasteiger partial charge in [0.15, 0.2) is 5.82 Å². The van der Waals surface area contributed by atoms with E-state index in [0.29, 0.717) is 5.82 Å². The van der Waals surface area contributed by atoms with E-state index in [2.05, 4.69) is 233 Å². The van der Waals surface area contributed by atoms with Crippen LogP contribution in [-0.2, 0) is 0 Å². The lowest BCUT2D eigenvalue weighted by Crippen LogP contribution is -2.61. The molecule has 6 heteroatoms. The minimum atomic E-state index is -0.161. The highest BCUT2D eigenvalue weighted by atomic mass is 15.2. The largest absolute Gasteiger partial charge is 0.311 e. The summed E-state index contributed by atoms with van der Waals surface area (Å²) in [5, 5.41) is 15.2. The van der Waals surface area contributed by atoms with Crippen molar-refractivity contribution in [3.05, 3.63) is 231 Å². The minimum absolute atomic E-state index is 0.161. The highest BCUT2D eigenvalue weighted by molar-refractivity contribution is 7.03. The molecule has 16 rings (SSSR count). The molecule has 0 fully saturated rings. The van der Waals surface area contributed by atoms with Crippen LogP contribution in [0.3, 0.4) is 0 Å². The van der Waals surface area contributed by atoms with Crippen molar-refractivity contribution < 1.29 is 0 Å². The molecule has 0 unspecified atom stereocenters. The summed E-state index contributed by atoms with van der Waals surface area (Å²) in [6.07, 6.45) is 3.20. The van der Waals surface area contributed by atoms with Crippen LogP contribution >= 0.6 is 0 Å². The van der Waals surface area contributed by atoms with Crippen molar-refractivity contribution >= 4 is 122 Å². The Kier molecular flexibility index (Phi) is 7.91. The third kappa shape index (κ3) is 5.50. The topological polar surface area (TPSA) is 45.2 Å². The van der Waals surface area contributed by atoms with Gasteiger partial charge >= 0.3 is 0 Å². The second kappa shape index (κ2) is 14.6. The fourth-order valence-electron chi connectivity index (χ4n) is 12.5. The zero-order valence-electron chi connectivity index (χ0n) is 38.3. The quantitative estimate of drug-likeness (QED) is 0.127. The molecule has 0 bridgehead atoms. The number of nitrogens with zero attached hydrogens (tertiary/aromatic N) is 5. The molecule has 2 aliphatic heterocycles. The predicted octanol–water partition coefficient (Wildman–Crippen LogP) is 14.7. The molecule has 0 amide bonds. The third-order valence-electron chi connectivity index (χ3n) is 15.5. The van der Waals surface area contributed by atoms with Gasteiger partial charge in [-0.3, -0.25) is 0 Å². The lowest BCUT2D eigenvalue weighted by atomic mass is 9.32. The Hall–Kier alpha value is -9.39. The number of hydrogen-bond donors (Lipinski definition) is 0. The molecule has 71 heavy (non-hydrogen) atoms. The highest BCUT2D eigenvalue weighted by Gasteiger charge is 2.46. The van der Waals surface area contributed by atoms with Gasteiger partial charge < -0.3 is 9.80 Å². The summed E-state index contributed by atoms with van der Waals surface area (Å²) in [5.74, 6) is 0.622. The SMILES string of the molecule is c1ccc(-c2ccc(N3c4cc(-c5ncncn5)cc5c4B(c4c3cc3ccc6cccc7ccc4c3c67)c3c(cc4ccc6cccc7ccc3c4c67)N5c3ccc(-c4ccccc4)cc3)cc2)cc1. The first-order valence-electron chi connectivity index (χ1n) is 24.3. The van der Waals surface area contributed by atoms with Crippen molar-refractivity contribution in [3.63, 3.8) is 0 Å². The van der Waals surface area contributed by atoms with Crippen molar-refractivity contribution in [1.29, 1.82) is 0 Å². The van der Waals surface area contributed by atoms with Gasteiger partial charge in [-0.05, 0) is 152 Å². The van der Waals surface area contributed by atoms with Crippen LogP contribution in [0.1, 0.15) is 0 Å². The van der Waals surface area contributed by atoms with E-state index in [0.717, 1.165) is 39.7 Å². The Bertz CT molecular complexity index is 4150. The van der Waals surface area contributed by atoms with Gasteiger partial charge in [-0.2, -0.15) is 0 Å². The number of aromatic nitrogens is 3. The monoisotopic (exact) mass is 899 g/mol. The molecule has 326 valence electrons. The lowest BCUT2D eigenvalue weighted by molar-refractivity contribution is 1.05. The van der Waals surface area contributed by atoms with E-state index < -0.39 is 0 Å². The summed E-state index contributed by atoms with van der Waals surface area (Å²) >= 11 is 0. The number of hydrogen-bond acceptors (Lipinski definition) is 5. The first-order valence-corrected chi connectivity index (χ1v) is 24.3. The summed E-state index contributed by atoms with van der Waals surface area (Å²) < 4.78 is 0. The molecule has 3 heterocycles. The van der Waals surface area contributed by atoms with E-state index in [1.165, 1.54) is 103 Å². The number of benzene rings is 13. The molecule has 1 aromatic heterocycles. The van der Waals surface area contributed by atoms with Gasteiger partial charge in [-0.1, -0.05) is 170 Å². The maximum Gasteiger partial charge on any atom is 0.253 e. The summed E-state index contributed by atoms with van der Waals surface area (Å²) in [6, 6.07) is 81.3. The van der Waals surface area contributed by atoms with Crippen LogP contribution in [-0.4, -0.2) is 21.7 Å². The smallest absolute Gasteiger partial charge is 0.253 e. The maximum absolute atomic E-state index is 4.81. The van der Waals surface area contributed by atoms with Crippen molar-refractivity contribution in [1.82, 2.24) is 15.0 Å². The summed E-state index contributed by atoms with van der Waals surface area (Å²) in [6.45, 7) is -0.161. The molecule has 5 nitrogen and oxygen atoms in total. The Morgan fingerprint density at radius 1 is 0.296 bits per heavy atom. The summed E-state index contributed by atoms with van der Waals surface area (Å²) in [5.41, 5.74) is 16.2. The first-order chi connectivity index (χ1) is 35.2. The lowest BCUT2D eigenvalue weighted by Gasteiger charge is -2.45. The second-order valence-corrected chi connectivity index (χ2v) is 19.2. The fourth-order valence-corrected chi connectivity index (χ4v) is 12.5. The zero-order chi connectivity index (χ0) is 46.3. The van der Waals surface area contributed by atoms with Gasteiger partial charge in [0, 0.05) is 39.7 Å². The van der Waals surface area contributed by atoms with Crippen LogP contribution in [0.2, 0.25) is 0 Å². The highest BCUT2D eigenvalue weighted by Crippen LogP contribution is 2.50. The van der Waals surface area contributed by atoms with E-state index in [1.54, 1.807) is 12.7 Å². The average molecular weight is 900 g/mol. The van der Waals surface area contributed by atoms with Gasteiger partial charge in [0.1, 0.15) is 12.7 Å². The maximum atomic E-state index is 4.81. The van der Waals surface area contributed by atoms with E-state index in [4.69, 9.17) is 9.97 Å². The molecular weight excluding hydrogens is 862 g/mol. The van der Waals surface area contributed by atoms with E-state index >= 15 is 0 Å². The molecular formula is C65H38BN5. The normalized spacial score (nSPS) is 13.0.